The van der Waals surface area contributed by atoms with Gasteiger partial charge in [-0.15, -0.1) is 0 Å². The summed E-state index contributed by atoms with van der Waals surface area (Å²) in [6, 6.07) is 3.46. The first-order chi connectivity index (χ1) is 10.1. The molecule has 118 valence electrons. The van der Waals surface area contributed by atoms with Gasteiger partial charge in [-0.25, -0.2) is 4.79 Å². The normalized spacial score (nSPS) is 12.8. The predicted molar refractivity (Wildman–Crippen MR) is 88.5 cm³/mol. The Labute approximate surface area is 134 Å². The molecule has 0 aliphatic rings. The van der Waals surface area contributed by atoms with E-state index in [4.69, 9.17) is 12.6 Å². The summed E-state index contributed by atoms with van der Waals surface area (Å²) in [7, 11) is 7.07. The van der Waals surface area contributed by atoms with Gasteiger partial charge < -0.3 is 14.8 Å². The zero-order chi connectivity index (χ0) is 17.1. The van der Waals surface area contributed by atoms with Gasteiger partial charge in [0.25, 0.3) is 0 Å². The summed E-state index contributed by atoms with van der Waals surface area (Å²) in [6.07, 6.45) is 0.184. The SMILES string of the molecule is [B]C(=O)CC(C)(C)c1c(C)ccc(C)c1OC(=O)C(C)NC. The van der Waals surface area contributed by atoms with E-state index in [1.165, 1.54) is 0 Å². The number of benzene rings is 1. The number of esters is 1. The minimum absolute atomic E-state index is 0.184. The summed E-state index contributed by atoms with van der Waals surface area (Å²) in [4.78, 5) is 23.5. The fourth-order valence-electron chi connectivity index (χ4n) is 2.59. The van der Waals surface area contributed by atoms with Crippen molar-refractivity contribution >= 4 is 19.5 Å². The molecule has 0 bridgehead atoms. The van der Waals surface area contributed by atoms with Gasteiger partial charge in [-0.2, -0.15) is 0 Å². The quantitative estimate of drug-likeness (QED) is 0.497. The first-order valence-electron chi connectivity index (χ1n) is 7.38. The molecule has 1 aromatic rings. The lowest BCUT2D eigenvalue weighted by molar-refractivity contribution is -0.136. The molecule has 1 unspecified atom stereocenters. The number of likely N-dealkylation sites (N-methyl/N-ethyl adjacent to an activating group) is 1. The highest BCUT2D eigenvalue weighted by Crippen LogP contribution is 2.39. The smallest absolute Gasteiger partial charge is 0.328 e. The van der Waals surface area contributed by atoms with Crippen molar-refractivity contribution in [2.24, 2.45) is 0 Å². The molecule has 0 aliphatic carbocycles. The van der Waals surface area contributed by atoms with Crippen LogP contribution < -0.4 is 10.1 Å². The van der Waals surface area contributed by atoms with Gasteiger partial charge in [-0.3, -0.25) is 0 Å². The number of nitrogens with one attached hydrogen (secondary N) is 1. The number of carbonyl (C=O) groups is 2. The van der Waals surface area contributed by atoms with Gasteiger partial charge in [0.2, 0.25) is 0 Å². The van der Waals surface area contributed by atoms with Gasteiger partial charge in [0.1, 0.15) is 11.8 Å². The van der Waals surface area contributed by atoms with Gasteiger partial charge in [-0.05, 0) is 44.4 Å². The number of aryl methyl sites for hydroxylation is 2. The molecule has 2 radical (unpaired) electrons. The zero-order valence-electron chi connectivity index (χ0n) is 14.2. The first kappa shape index (κ1) is 18.4. The molecule has 1 aromatic carbocycles. The van der Waals surface area contributed by atoms with E-state index in [1.807, 2.05) is 39.8 Å². The van der Waals surface area contributed by atoms with Crippen LogP contribution in [0.4, 0.5) is 0 Å². The second kappa shape index (κ2) is 7.10. The number of hydrogen-bond acceptors (Lipinski definition) is 4. The Morgan fingerprint density at radius 3 is 2.32 bits per heavy atom. The van der Waals surface area contributed by atoms with E-state index in [0.29, 0.717) is 5.75 Å². The molecule has 1 N–H and O–H groups in total. The third kappa shape index (κ3) is 4.20. The van der Waals surface area contributed by atoms with E-state index >= 15 is 0 Å². The van der Waals surface area contributed by atoms with Crippen LogP contribution in [0.15, 0.2) is 12.1 Å². The van der Waals surface area contributed by atoms with Crippen LogP contribution in [0, 0.1) is 13.8 Å². The van der Waals surface area contributed by atoms with Gasteiger partial charge in [0, 0.05) is 12.0 Å². The summed E-state index contributed by atoms with van der Waals surface area (Å²) in [6.45, 7) is 9.42. The number of carbonyl (C=O) groups excluding carboxylic acids is 2. The molecular weight excluding hydrogens is 277 g/mol. The summed E-state index contributed by atoms with van der Waals surface area (Å²) < 4.78 is 5.62. The van der Waals surface area contributed by atoms with Crippen molar-refractivity contribution in [2.75, 3.05) is 7.05 Å². The maximum atomic E-state index is 12.1. The number of hydrogen-bond donors (Lipinski definition) is 1. The van der Waals surface area contributed by atoms with Crippen LogP contribution >= 0.6 is 0 Å². The Morgan fingerprint density at radius 1 is 1.27 bits per heavy atom. The van der Waals surface area contributed by atoms with E-state index in [0.717, 1.165) is 16.7 Å². The summed E-state index contributed by atoms with van der Waals surface area (Å²) in [5.74, 6) is 0.172. The average Bonchev–Trinajstić information content (AvgIpc) is 2.40. The van der Waals surface area contributed by atoms with Crippen molar-refractivity contribution < 1.29 is 14.3 Å². The van der Waals surface area contributed by atoms with E-state index in [1.54, 1.807) is 14.0 Å². The van der Waals surface area contributed by atoms with E-state index in [9.17, 15) is 9.59 Å². The van der Waals surface area contributed by atoms with Crippen LogP contribution in [-0.2, 0) is 15.0 Å². The summed E-state index contributed by atoms with van der Waals surface area (Å²) in [5, 5.41) is 2.86. The molecule has 0 saturated heterocycles. The molecule has 0 aliphatic heterocycles. The monoisotopic (exact) mass is 301 g/mol. The van der Waals surface area contributed by atoms with Crippen LogP contribution in [0.5, 0.6) is 5.75 Å². The van der Waals surface area contributed by atoms with Gasteiger partial charge in [0.05, 0.1) is 5.68 Å². The predicted octanol–water partition coefficient (Wildman–Crippen LogP) is 2.18. The van der Waals surface area contributed by atoms with E-state index in [-0.39, 0.29) is 18.1 Å². The van der Waals surface area contributed by atoms with E-state index < -0.39 is 11.5 Å². The first-order valence-corrected chi connectivity index (χ1v) is 7.38. The Morgan fingerprint density at radius 2 is 1.82 bits per heavy atom. The van der Waals surface area contributed by atoms with Gasteiger partial charge >= 0.3 is 5.97 Å². The highest BCUT2D eigenvalue weighted by Gasteiger charge is 2.30. The third-order valence-corrected chi connectivity index (χ3v) is 3.85. The highest BCUT2D eigenvalue weighted by atomic mass is 16.5. The second-order valence-corrected chi connectivity index (χ2v) is 6.36. The fraction of sp³-hybridized carbons (Fsp3) is 0.529. The standard InChI is InChI=1S/C17H24BNO3/c1-10-7-8-11(2)15(22-16(21)12(3)19-6)14(10)17(4,5)9-13(18)20/h7-8,12,19H,9H2,1-6H3. The molecule has 22 heavy (non-hydrogen) atoms. The van der Waals surface area contributed by atoms with Gasteiger partial charge in [-0.1, -0.05) is 26.0 Å². The average molecular weight is 301 g/mol. The maximum Gasteiger partial charge on any atom is 0.328 e. The number of ether oxygens (including phenoxy) is 1. The fourth-order valence-corrected chi connectivity index (χ4v) is 2.59. The van der Waals surface area contributed by atoms with Crippen LogP contribution in [-0.4, -0.2) is 32.6 Å². The van der Waals surface area contributed by atoms with Crippen molar-refractivity contribution in [1.29, 1.82) is 0 Å². The topological polar surface area (TPSA) is 55.4 Å². The molecule has 0 fully saturated rings. The molecule has 4 nitrogen and oxygen atoms in total. The molecule has 0 amide bonds. The Balaban J connectivity index is 3.35. The minimum atomic E-state index is -0.513. The molecule has 0 saturated carbocycles. The van der Waals surface area contributed by atoms with Crippen LogP contribution in [0.2, 0.25) is 0 Å². The van der Waals surface area contributed by atoms with Crippen molar-refractivity contribution in [2.45, 2.75) is 52.5 Å². The summed E-state index contributed by atoms with van der Waals surface area (Å²) in [5.41, 5.74) is 1.78. The lowest BCUT2D eigenvalue weighted by atomic mass is 9.74. The summed E-state index contributed by atoms with van der Waals surface area (Å²) >= 11 is 0. The Kier molecular flexibility index (Phi) is 5.95. The molecule has 0 spiro atoms. The minimum Gasteiger partial charge on any atom is -0.425 e. The number of rotatable bonds is 6. The highest BCUT2D eigenvalue weighted by molar-refractivity contribution is 6.57. The third-order valence-electron chi connectivity index (χ3n) is 3.85. The van der Waals surface area contributed by atoms with Crippen LogP contribution in [0.25, 0.3) is 0 Å². The van der Waals surface area contributed by atoms with Crippen LogP contribution in [0.3, 0.4) is 0 Å². The van der Waals surface area contributed by atoms with Crippen molar-refractivity contribution in [3.05, 3.63) is 28.8 Å². The molecular formula is C17H24BNO3. The maximum absolute atomic E-state index is 12.1. The Hall–Kier alpha value is -1.62. The van der Waals surface area contributed by atoms with E-state index in [2.05, 4.69) is 5.32 Å². The molecule has 1 atom stereocenters. The Bertz CT molecular complexity index is 582. The zero-order valence-corrected chi connectivity index (χ0v) is 14.2. The molecule has 0 heterocycles. The van der Waals surface area contributed by atoms with Crippen LogP contribution in [0.1, 0.15) is 43.9 Å². The van der Waals surface area contributed by atoms with Crippen molar-refractivity contribution in [3.8, 4) is 5.75 Å². The van der Waals surface area contributed by atoms with Crippen molar-refractivity contribution in [3.63, 3.8) is 0 Å². The molecule has 5 heteroatoms. The second-order valence-electron chi connectivity index (χ2n) is 6.36. The van der Waals surface area contributed by atoms with Crippen molar-refractivity contribution in [1.82, 2.24) is 5.32 Å². The molecule has 0 aromatic heterocycles. The lowest BCUT2D eigenvalue weighted by Crippen LogP contribution is -2.35. The lowest BCUT2D eigenvalue weighted by Gasteiger charge is -2.29. The van der Waals surface area contributed by atoms with Gasteiger partial charge in [0.15, 0.2) is 7.85 Å². The molecule has 1 rings (SSSR count). The largest absolute Gasteiger partial charge is 0.425 e.